The van der Waals surface area contributed by atoms with Crippen molar-refractivity contribution in [3.63, 3.8) is 0 Å². The van der Waals surface area contributed by atoms with Gasteiger partial charge in [-0.05, 0) is 50.8 Å². The highest BCUT2D eigenvalue weighted by Gasteiger charge is 2.42. The second-order valence-electron chi connectivity index (χ2n) is 7.29. The zero-order chi connectivity index (χ0) is 15.4. The Bertz CT molecular complexity index is 540. The van der Waals surface area contributed by atoms with E-state index in [1.54, 1.807) is 0 Å². The smallest absolute Gasteiger partial charge is 0.123 e. The average molecular weight is 309 g/mol. The topological polar surface area (TPSA) is 18.5 Å². The van der Waals surface area contributed by atoms with Gasteiger partial charge in [-0.2, -0.15) is 0 Å². The molecule has 2 aliphatic heterocycles. The van der Waals surface area contributed by atoms with Gasteiger partial charge in [0, 0.05) is 12.3 Å². The van der Waals surface area contributed by atoms with Crippen LogP contribution in [0.3, 0.4) is 0 Å². The molecule has 1 aromatic carbocycles. The molecule has 1 fully saturated rings. The Balaban J connectivity index is 1.85. The predicted octanol–water partition coefficient (Wildman–Crippen LogP) is 4.74. The summed E-state index contributed by atoms with van der Waals surface area (Å²) < 4.78 is 11.9. The second-order valence-corrected chi connectivity index (χ2v) is 7.76. The van der Waals surface area contributed by atoms with Crippen molar-refractivity contribution in [3.05, 3.63) is 29.3 Å². The molecular weight excluding hydrogens is 284 g/mol. The molecule has 3 heteroatoms. The standard InChI is InChI=1S/C18H25ClO2/c1-10-11(2)20-12(3)16(10)17(19)13-6-7-15-14(8-13)9-18(4,5)21-15/h6-8,10-12,16-17H,9H2,1-5H3. The van der Waals surface area contributed by atoms with Crippen molar-refractivity contribution in [1.82, 2.24) is 0 Å². The van der Waals surface area contributed by atoms with Crippen LogP contribution in [0, 0.1) is 11.8 Å². The molecule has 0 amide bonds. The summed E-state index contributed by atoms with van der Waals surface area (Å²) in [7, 11) is 0. The van der Waals surface area contributed by atoms with Crippen LogP contribution >= 0.6 is 11.6 Å². The van der Waals surface area contributed by atoms with E-state index < -0.39 is 0 Å². The number of hydrogen-bond donors (Lipinski definition) is 0. The van der Waals surface area contributed by atoms with Gasteiger partial charge in [0.15, 0.2) is 0 Å². The summed E-state index contributed by atoms with van der Waals surface area (Å²) in [6.07, 6.45) is 1.43. The maximum absolute atomic E-state index is 6.82. The van der Waals surface area contributed by atoms with Crippen LogP contribution in [0.25, 0.3) is 0 Å². The summed E-state index contributed by atoms with van der Waals surface area (Å²) in [5.74, 6) is 1.84. The van der Waals surface area contributed by atoms with E-state index in [1.807, 2.05) is 0 Å². The minimum absolute atomic E-state index is 0.00559. The van der Waals surface area contributed by atoms with Crippen LogP contribution < -0.4 is 4.74 Å². The number of rotatable bonds is 2. The highest BCUT2D eigenvalue weighted by Crippen LogP contribution is 2.45. The minimum atomic E-state index is -0.103. The number of halogens is 1. The van der Waals surface area contributed by atoms with E-state index in [9.17, 15) is 0 Å². The zero-order valence-electron chi connectivity index (χ0n) is 13.5. The monoisotopic (exact) mass is 308 g/mol. The Morgan fingerprint density at radius 3 is 2.52 bits per heavy atom. The Hall–Kier alpha value is -0.730. The fraction of sp³-hybridized carbons (Fsp3) is 0.667. The van der Waals surface area contributed by atoms with Crippen LogP contribution in [0.1, 0.15) is 51.1 Å². The van der Waals surface area contributed by atoms with E-state index in [0.717, 1.165) is 12.2 Å². The number of benzene rings is 1. The summed E-state index contributed by atoms with van der Waals surface area (Å²) in [6.45, 7) is 10.8. The van der Waals surface area contributed by atoms with E-state index >= 15 is 0 Å². The van der Waals surface area contributed by atoms with Crippen molar-refractivity contribution < 1.29 is 9.47 Å². The molecule has 21 heavy (non-hydrogen) atoms. The first-order chi connectivity index (χ1) is 9.78. The van der Waals surface area contributed by atoms with Crippen LogP contribution in [0.4, 0.5) is 0 Å². The lowest BCUT2D eigenvalue weighted by Crippen LogP contribution is -2.24. The molecule has 2 nitrogen and oxygen atoms in total. The summed E-state index contributed by atoms with van der Waals surface area (Å²) >= 11 is 6.82. The van der Waals surface area contributed by atoms with Gasteiger partial charge in [-0.25, -0.2) is 0 Å². The first-order valence-electron chi connectivity index (χ1n) is 7.90. The fourth-order valence-corrected chi connectivity index (χ4v) is 4.39. The molecule has 1 aromatic rings. The van der Waals surface area contributed by atoms with E-state index in [-0.39, 0.29) is 23.2 Å². The van der Waals surface area contributed by atoms with Crippen LogP contribution in [0.2, 0.25) is 0 Å². The molecule has 116 valence electrons. The van der Waals surface area contributed by atoms with Gasteiger partial charge in [0.25, 0.3) is 0 Å². The van der Waals surface area contributed by atoms with Gasteiger partial charge in [0.05, 0.1) is 17.6 Å². The van der Waals surface area contributed by atoms with Gasteiger partial charge in [-0.15, -0.1) is 11.6 Å². The van der Waals surface area contributed by atoms with Crippen molar-refractivity contribution in [3.8, 4) is 5.75 Å². The van der Waals surface area contributed by atoms with Gasteiger partial charge in [-0.3, -0.25) is 0 Å². The molecule has 0 N–H and O–H groups in total. The third kappa shape index (κ3) is 2.68. The van der Waals surface area contributed by atoms with Gasteiger partial charge >= 0.3 is 0 Å². The molecule has 0 bridgehead atoms. The molecule has 5 atom stereocenters. The lowest BCUT2D eigenvalue weighted by Gasteiger charge is -2.24. The normalized spacial score (nSPS) is 35.3. The van der Waals surface area contributed by atoms with Gasteiger partial charge in [0.1, 0.15) is 11.4 Å². The van der Waals surface area contributed by atoms with Crippen molar-refractivity contribution in [2.75, 3.05) is 0 Å². The van der Waals surface area contributed by atoms with Crippen LogP contribution in [-0.2, 0) is 11.2 Å². The fourth-order valence-electron chi connectivity index (χ4n) is 3.82. The predicted molar refractivity (Wildman–Crippen MR) is 86.1 cm³/mol. The molecule has 0 saturated carbocycles. The molecule has 1 saturated heterocycles. The summed E-state index contributed by atoms with van der Waals surface area (Å²) in [6, 6.07) is 6.41. The van der Waals surface area contributed by atoms with E-state index in [1.165, 1.54) is 11.1 Å². The molecule has 2 aliphatic rings. The van der Waals surface area contributed by atoms with Crippen LogP contribution in [0.5, 0.6) is 5.75 Å². The molecule has 0 aromatic heterocycles. The van der Waals surface area contributed by atoms with Gasteiger partial charge < -0.3 is 9.47 Å². The molecular formula is C18H25ClO2. The van der Waals surface area contributed by atoms with E-state index in [4.69, 9.17) is 21.1 Å². The van der Waals surface area contributed by atoms with E-state index in [0.29, 0.717) is 11.8 Å². The van der Waals surface area contributed by atoms with Crippen LogP contribution in [0.15, 0.2) is 18.2 Å². The van der Waals surface area contributed by atoms with Gasteiger partial charge in [-0.1, -0.05) is 19.1 Å². The SMILES string of the molecule is CC1OC(C)C(C(Cl)c2ccc3c(c2)CC(C)(C)O3)C1C. The quantitative estimate of drug-likeness (QED) is 0.735. The highest BCUT2D eigenvalue weighted by atomic mass is 35.5. The Morgan fingerprint density at radius 2 is 1.90 bits per heavy atom. The maximum atomic E-state index is 6.82. The molecule has 0 aliphatic carbocycles. The average Bonchev–Trinajstić information content (AvgIpc) is 2.83. The van der Waals surface area contributed by atoms with Crippen LogP contribution in [-0.4, -0.2) is 17.8 Å². The number of fused-ring (bicyclic) bond motifs is 1. The molecule has 0 radical (unpaired) electrons. The van der Waals surface area contributed by atoms with Crippen molar-refractivity contribution in [2.45, 2.75) is 64.2 Å². The number of hydrogen-bond acceptors (Lipinski definition) is 2. The Kier molecular flexibility index (Phi) is 3.74. The summed E-state index contributed by atoms with van der Waals surface area (Å²) in [5.41, 5.74) is 2.36. The zero-order valence-corrected chi connectivity index (χ0v) is 14.3. The molecule has 2 heterocycles. The summed E-state index contributed by atoms with van der Waals surface area (Å²) in [5, 5.41) is -0.00559. The lowest BCUT2D eigenvalue weighted by molar-refractivity contribution is 0.0508. The van der Waals surface area contributed by atoms with Crippen molar-refractivity contribution in [1.29, 1.82) is 0 Å². The molecule has 0 spiro atoms. The third-order valence-electron chi connectivity index (χ3n) is 5.06. The number of ether oxygens (including phenoxy) is 2. The first kappa shape index (κ1) is 15.2. The van der Waals surface area contributed by atoms with Crippen molar-refractivity contribution >= 4 is 11.6 Å². The van der Waals surface area contributed by atoms with E-state index in [2.05, 4.69) is 52.8 Å². The largest absolute Gasteiger partial charge is 0.487 e. The first-order valence-corrected chi connectivity index (χ1v) is 8.33. The Labute approximate surface area is 132 Å². The molecule has 3 rings (SSSR count). The summed E-state index contributed by atoms with van der Waals surface area (Å²) in [4.78, 5) is 0. The highest BCUT2D eigenvalue weighted by molar-refractivity contribution is 6.21. The number of alkyl halides is 1. The minimum Gasteiger partial charge on any atom is -0.487 e. The lowest BCUT2D eigenvalue weighted by atomic mass is 9.83. The molecule has 5 unspecified atom stereocenters. The maximum Gasteiger partial charge on any atom is 0.123 e. The third-order valence-corrected chi connectivity index (χ3v) is 5.61. The second kappa shape index (κ2) is 5.17. The van der Waals surface area contributed by atoms with Crippen molar-refractivity contribution in [2.24, 2.45) is 11.8 Å². The Morgan fingerprint density at radius 1 is 1.19 bits per heavy atom. The van der Waals surface area contributed by atoms with Gasteiger partial charge in [0.2, 0.25) is 0 Å².